The Kier molecular flexibility index (Phi) is 4.49. The van der Waals surface area contributed by atoms with Gasteiger partial charge in [0.25, 0.3) is 0 Å². The van der Waals surface area contributed by atoms with Crippen LogP contribution in [0.4, 0.5) is 13.2 Å². The lowest BCUT2D eigenvalue weighted by Gasteiger charge is -2.16. The Morgan fingerprint density at radius 1 is 1.38 bits per heavy atom. The zero-order valence-corrected chi connectivity index (χ0v) is 9.31. The summed E-state index contributed by atoms with van der Waals surface area (Å²) in [5, 5.41) is 9.63. The molecule has 0 aliphatic carbocycles. The maximum atomic E-state index is 12.1. The summed E-state index contributed by atoms with van der Waals surface area (Å²) >= 11 is 1.34. The second-order valence-electron chi connectivity index (χ2n) is 3.06. The highest BCUT2D eigenvalue weighted by Crippen LogP contribution is 2.31. The lowest BCUT2D eigenvalue weighted by atomic mass is 10.1. The Morgan fingerprint density at radius 3 is 2.56 bits per heavy atom. The molecule has 6 heteroatoms. The van der Waals surface area contributed by atoms with Crippen LogP contribution >= 0.6 is 11.8 Å². The number of aliphatic hydroxyl groups is 1. The van der Waals surface area contributed by atoms with Gasteiger partial charge in [0.15, 0.2) is 0 Å². The zero-order valence-electron chi connectivity index (χ0n) is 8.49. The van der Waals surface area contributed by atoms with Crippen molar-refractivity contribution in [1.82, 2.24) is 0 Å². The number of aliphatic hydroxyl groups excluding tert-OH is 1. The molecule has 0 aliphatic heterocycles. The van der Waals surface area contributed by atoms with Gasteiger partial charge in [0.05, 0.1) is 6.10 Å². The average Bonchev–Trinajstić information content (AvgIpc) is 2.16. The first-order valence-corrected chi connectivity index (χ1v) is 5.85. The van der Waals surface area contributed by atoms with E-state index < -0.39 is 12.5 Å². The van der Waals surface area contributed by atoms with Crippen LogP contribution < -0.4 is 4.74 Å². The molecule has 1 N–H and O–H groups in total. The van der Waals surface area contributed by atoms with Crippen molar-refractivity contribution in [3.05, 3.63) is 29.8 Å². The van der Waals surface area contributed by atoms with Gasteiger partial charge in [-0.25, -0.2) is 0 Å². The first-order valence-electron chi connectivity index (χ1n) is 4.45. The molecule has 16 heavy (non-hydrogen) atoms. The molecular formula is C10H11F3O2S. The molecule has 0 radical (unpaired) electrons. The van der Waals surface area contributed by atoms with Crippen LogP contribution in [-0.2, 0) is 0 Å². The highest BCUT2D eigenvalue weighted by atomic mass is 32.2. The minimum Gasteiger partial charge on any atom is -0.405 e. The molecule has 0 saturated heterocycles. The molecule has 1 atom stereocenters. The van der Waals surface area contributed by atoms with Crippen molar-refractivity contribution >= 4 is 11.8 Å². The number of rotatable bonds is 4. The van der Waals surface area contributed by atoms with Crippen molar-refractivity contribution in [2.75, 3.05) is 12.0 Å². The van der Waals surface area contributed by atoms with Gasteiger partial charge in [0.1, 0.15) is 5.75 Å². The molecule has 0 spiro atoms. The monoisotopic (exact) mass is 252 g/mol. The van der Waals surface area contributed by atoms with Gasteiger partial charge in [-0.15, -0.1) is 13.2 Å². The average molecular weight is 252 g/mol. The summed E-state index contributed by atoms with van der Waals surface area (Å²) in [6.45, 7) is 0. The summed E-state index contributed by atoms with van der Waals surface area (Å²) in [4.78, 5) is 0. The van der Waals surface area contributed by atoms with E-state index in [-0.39, 0.29) is 11.3 Å². The van der Waals surface area contributed by atoms with Gasteiger partial charge in [-0.2, -0.15) is 11.8 Å². The molecule has 0 saturated carbocycles. The molecule has 0 amide bonds. The first kappa shape index (κ1) is 13.2. The van der Waals surface area contributed by atoms with Crippen molar-refractivity contribution in [2.45, 2.75) is 12.5 Å². The summed E-state index contributed by atoms with van der Waals surface area (Å²) in [5.41, 5.74) is 0.147. The Hall–Kier alpha value is -0.880. The largest absolute Gasteiger partial charge is 0.573 e. The van der Waals surface area contributed by atoms with Crippen LogP contribution in [0.3, 0.4) is 0 Å². The van der Waals surface area contributed by atoms with Crippen LogP contribution in [0.1, 0.15) is 11.7 Å². The van der Waals surface area contributed by atoms with E-state index in [9.17, 15) is 18.3 Å². The predicted octanol–water partition coefficient (Wildman–Crippen LogP) is 2.98. The fourth-order valence-electron chi connectivity index (χ4n) is 1.22. The number of hydrogen-bond acceptors (Lipinski definition) is 3. The van der Waals surface area contributed by atoms with Crippen LogP contribution in [-0.4, -0.2) is 23.5 Å². The molecule has 1 unspecified atom stereocenters. The first-order chi connectivity index (χ1) is 7.44. The summed E-state index contributed by atoms with van der Waals surface area (Å²) in [6.07, 6.45) is -3.94. The zero-order chi connectivity index (χ0) is 12.2. The lowest BCUT2D eigenvalue weighted by molar-refractivity contribution is -0.275. The fraction of sp³-hybridized carbons (Fsp3) is 0.400. The normalized spacial score (nSPS) is 13.6. The molecule has 0 aromatic heterocycles. The molecule has 0 heterocycles. The van der Waals surface area contributed by atoms with Crippen LogP contribution in [0.5, 0.6) is 5.75 Å². The van der Waals surface area contributed by atoms with Crippen LogP contribution in [0.25, 0.3) is 0 Å². The SMILES string of the molecule is CSCC(O)c1ccccc1OC(F)(F)F. The van der Waals surface area contributed by atoms with Gasteiger partial charge in [0.2, 0.25) is 0 Å². The quantitative estimate of drug-likeness (QED) is 0.893. The molecule has 1 aromatic carbocycles. The third-order valence-corrected chi connectivity index (χ3v) is 2.48. The van der Waals surface area contributed by atoms with E-state index in [1.54, 1.807) is 12.3 Å². The number of para-hydroxylation sites is 1. The van der Waals surface area contributed by atoms with Crippen molar-refractivity contribution in [2.24, 2.45) is 0 Å². The van der Waals surface area contributed by atoms with Crippen LogP contribution in [0.15, 0.2) is 24.3 Å². The third-order valence-electron chi connectivity index (χ3n) is 1.83. The van der Waals surface area contributed by atoms with Gasteiger partial charge < -0.3 is 9.84 Å². The molecule has 0 aliphatic rings. The van der Waals surface area contributed by atoms with E-state index in [0.717, 1.165) is 0 Å². The van der Waals surface area contributed by atoms with Gasteiger partial charge >= 0.3 is 6.36 Å². The number of hydrogen-bond donors (Lipinski definition) is 1. The van der Waals surface area contributed by atoms with Crippen LogP contribution in [0, 0.1) is 0 Å². The maximum absolute atomic E-state index is 12.1. The predicted molar refractivity (Wildman–Crippen MR) is 56.5 cm³/mol. The Morgan fingerprint density at radius 2 is 2.00 bits per heavy atom. The van der Waals surface area contributed by atoms with Crippen LogP contribution in [0.2, 0.25) is 0 Å². The molecule has 1 aromatic rings. The van der Waals surface area contributed by atoms with Crippen molar-refractivity contribution in [3.63, 3.8) is 0 Å². The van der Waals surface area contributed by atoms with Gasteiger partial charge in [-0.1, -0.05) is 18.2 Å². The highest BCUT2D eigenvalue weighted by molar-refractivity contribution is 7.98. The molecule has 0 fully saturated rings. The van der Waals surface area contributed by atoms with E-state index in [2.05, 4.69) is 4.74 Å². The minimum absolute atomic E-state index is 0.147. The topological polar surface area (TPSA) is 29.5 Å². The second-order valence-corrected chi connectivity index (χ2v) is 3.97. The van der Waals surface area contributed by atoms with E-state index in [4.69, 9.17) is 0 Å². The second kappa shape index (κ2) is 5.45. The van der Waals surface area contributed by atoms with Crippen molar-refractivity contribution < 1.29 is 23.0 Å². The number of ether oxygens (including phenoxy) is 1. The summed E-state index contributed by atoms with van der Waals surface area (Å²) < 4.78 is 40.0. The Bertz CT molecular complexity index is 341. The molecule has 1 rings (SSSR count). The van der Waals surface area contributed by atoms with E-state index in [1.165, 1.54) is 30.0 Å². The number of thioether (sulfide) groups is 1. The Labute approximate surface area is 95.4 Å². The minimum atomic E-state index is -4.74. The fourth-order valence-corrected chi connectivity index (χ4v) is 1.72. The molecular weight excluding hydrogens is 241 g/mol. The summed E-state index contributed by atoms with van der Waals surface area (Å²) in [5.74, 6) is -0.0327. The summed E-state index contributed by atoms with van der Waals surface area (Å²) in [6, 6.07) is 5.59. The highest BCUT2D eigenvalue weighted by Gasteiger charge is 2.32. The van der Waals surface area contributed by atoms with Gasteiger partial charge in [-0.3, -0.25) is 0 Å². The van der Waals surface area contributed by atoms with Crippen molar-refractivity contribution in [3.8, 4) is 5.75 Å². The van der Waals surface area contributed by atoms with Gasteiger partial charge in [0, 0.05) is 11.3 Å². The van der Waals surface area contributed by atoms with Crippen molar-refractivity contribution in [1.29, 1.82) is 0 Å². The number of alkyl halides is 3. The Balaban J connectivity index is 2.91. The standard InChI is InChI=1S/C10H11F3O2S/c1-16-6-8(14)7-4-2-3-5-9(7)15-10(11,12)13/h2-5,8,14H,6H2,1H3. The lowest BCUT2D eigenvalue weighted by Crippen LogP contribution is -2.19. The third kappa shape index (κ3) is 3.94. The maximum Gasteiger partial charge on any atom is 0.573 e. The number of benzene rings is 1. The smallest absolute Gasteiger partial charge is 0.405 e. The van der Waals surface area contributed by atoms with E-state index in [1.807, 2.05) is 0 Å². The van der Waals surface area contributed by atoms with Gasteiger partial charge in [-0.05, 0) is 12.3 Å². The van der Waals surface area contributed by atoms with E-state index >= 15 is 0 Å². The van der Waals surface area contributed by atoms with E-state index in [0.29, 0.717) is 5.75 Å². The summed E-state index contributed by atoms with van der Waals surface area (Å²) in [7, 11) is 0. The molecule has 0 bridgehead atoms. The molecule has 90 valence electrons. The molecule has 2 nitrogen and oxygen atoms in total. The number of halogens is 3.